The fraction of sp³-hybridized carbons (Fsp3) is 0.953. The van der Waals surface area contributed by atoms with E-state index in [1.54, 1.807) is 0 Å². The maximum absolute atomic E-state index is 12.6. The van der Waals surface area contributed by atoms with Gasteiger partial charge in [-0.05, 0) is 12.8 Å². The maximum atomic E-state index is 12.6. The summed E-state index contributed by atoms with van der Waals surface area (Å²) in [5.74, 6) is 0.222. The van der Waals surface area contributed by atoms with Crippen LogP contribution in [0.25, 0.3) is 0 Å². The van der Waals surface area contributed by atoms with E-state index >= 15 is 0 Å². The predicted molar refractivity (Wildman–Crippen MR) is 209 cm³/mol. The number of nitrogens with zero attached hydrogens (tertiary/aromatic N) is 1. The molecule has 0 aromatic carbocycles. The monoisotopic (exact) mass is 661 g/mol. The highest BCUT2D eigenvalue weighted by atomic mass is 16.1. The van der Waals surface area contributed by atoms with Crippen LogP contribution in [-0.4, -0.2) is 35.6 Å². The van der Waals surface area contributed by atoms with E-state index in [-0.39, 0.29) is 12.1 Å². The van der Waals surface area contributed by atoms with Crippen LogP contribution in [0.3, 0.4) is 0 Å². The first-order valence-electron chi connectivity index (χ1n) is 21.8. The summed E-state index contributed by atoms with van der Waals surface area (Å²) in [4.78, 5) is 12.6. The van der Waals surface area contributed by atoms with E-state index in [4.69, 9.17) is 0 Å². The molecular weight excluding hydrogens is 574 g/mol. The van der Waals surface area contributed by atoms with E-state index < -0.39 is 0 Å². The number of rotatable bonds is 37. The average molecular weight is 661 g/mol. The molecule has 47 heavy (non-hydrogen) atoms. The number of nitrogens with one attached hydrogen (secondary N) is 2. The van der Waals surface area contributed by atoms with E-state index in [1.165, 1.54) is 212 Å². The molecule has 0 aliphatic carbocycles. The molecule has 0 saturated heterocycles. The molecule has 0 spiro atoms. The molecule has 4 nitrogen and oxygen atoms in total. The maximum Gasteiger partial charge on any atom is 0.226 e. The highest BCUT2D eigenvalue weighted by Gasteiger charge is 2.30. The van der Waals surface area contributed by atoms with Crippen LogP contribution in [0.15, 0.2) is 0 Å². The molecule has 1 heterocycles. The summed E-state index contributed by atoms with van der Waals surface area (Å²) >= 11 is 0. The number of hydrogen-bond acceptors (Lipinski definition) is 2. The Labute approximate surface area is 295 Å². The topological polar surface area (TPSA) is 44.1 Å². The lowest BCUT2D eigenvalue weighted by Gasteiger charge is -2.17. The zero-order valence-electron chi connectivity index (χ0n) is 32.5. The van der Waals surface area contributed by atoms with Crippen LogP contribution in [-0.2, 0) is 4.79 Å². The van der Waals surface area contributed by atoms with Crippen molar-refractivity contribution in [3.05, 3.63) is 0 Å². The zero-order valence-corrected chi connectivity index (χ0v) is 32.5. The van der Waals surface area contributed by atoms with Crippen LogP contribution in [0.5, 0.6) is 0 Å². The van der Waals surface area contributed by atoms with Crippen LogP contribution in [0.4, 0.5) is 0 Å². The molecule has 2 N–H and O–H groups in total. The van der Waals surface area contributed by atoms with Crippen molar-refractivity contribution in [2.45, 2.75) is 258 Å². The predicted octanol–water partition coefficient (Wildman–Crippen LogP) is 13.2. The fourth-order valence-electron chi connectivity index (χ4n) is 7.48. The lowest BCUT2D eigenvalue weighted by molar-refractivity contribution is -0.595. The quantitative estimate of drug-likeness (QED) is 0.0514. The molecule has 0 fully saturated rings. The molecule has 2 atom stereocenters. The molecule has 0 aromatic heterocycles. The molecule has 1 aliphatic rings. The Kier molecular flexibility index (Phi) is 32.8. The van der Waals surface area contributed by atoms with Gasteiger partial charge in [-0.15, -0.1) is 0 Å². The summed E-state index contributed by atoms with van der Waals surface area (Å²) in [5, 5.41) is 6.91. The minimum absolute atomic E-state index is 0.0781. The summed E-state index contributed by atoms with van der Waals surface area (Å²) in [6.45, 7) is 7.66. The van der Waals surface area contributed by atoms with Crippen molar-refractivity contribution in [3.8, 4) is 0 Å². The van der Waals surface area contributed by atoms with Crippen LogP contribution in [0.1, 0.15) is 245 Å². The molecule has 2 unspecified atom stereocenters. The third-order valence-electron chi connectivity index (χ3n) is 10.7. The summed E-state index contributed by atoms with van der Waals surface area (Å²) in [6.07, 6.45) is 50.6. The van der Waals surface area contributed by atoms with Crippen molar-refractivity contribution >= 4 is 12.1 Å². The summed E-state index contributed by atoms with van der Waals surface area (Å²) in [7, 11) is 0. The van der Waals surface area contributed by atoms with Gasteiger partial charge in [0.15, 0.2) is 6.21 Å². The van der Waals surface area contributed by atoms with Gasteiger partial charge in [-0.2, -0.15) is 0 Å². The summed E-state index contributed by atoms with van der Waals surface area (Å²) < 4.78 is 2.36. The van der Waals surface area contributed by atoms with Crippen molar-refractivity contribution in [1.29, 1.82) is 0 Å². The summed E-state index contributed by atoms with van der Waals surface area (Å²) in [5.41, 5.74) is 0. The van der Waals surface area contributed by atoms with Crippen molar-refractivity contribution in [1.82, 2.24) is 10.6 Å². The first-order valence-corrected chi connectivity index (χ1v) is 21.8. The second kappa shape index (κ2) is 34.9. The zero-order chi connectivity index (χ0) is 33.9. The fourth-order valence-corrected chi connectivity index (χ4v) is 7.48. The van der Waals surface area contributed by atoms with Crippen molar-refractivity contribution in [2.24, 2.45) is 0 Å². The van der Waals surface area contributed by atoms with Crippen LogP contribution in [0.2, 0.25) is 0 Å². The lowest BCUT2D eigenvalue weighted by Crippen LogP contribution is -2.46. The van der Waals surface area contributed by atoms with Crippen LogP contribution >= 0.6 is 0 Å². The molecule has 0 aromatic rings. The van der Waals surface area contributed by atoms with Crippen LogP contribution < -0.4 is 10.6 Å². The number of unbranched alkanes of at least 4 members (excludes halogenated alkanes) is 31. The van der Waals surface area contributed by atoms with Gasteiger partial charge >= 0.3 is 0 Å². The molecule has 0 bridgehead atoms. The molecule has 4 heteroatoms. The van der Waals surface area contributed by atoms with Crippen molar-refractivity contribution in [2.75, 3.05) is 6.54 Å². The van der Waals surface area contributed by atoms with Gasteiger partial charge in [0, 0.05) is 19.8 Å². The third kappa shape index (κ3) is 28.6. The number of carbonyl (C=O) groups is 1. The Morgan fingerprint density at radius 2 is 0.872 bits per heavy atom. The molecule has 1 aliphatic heterocycles. The highest BCUT2D eigenvalue weighted by Crippen LogP contribution is 2.17. The second-order valence-electron chi connectivity index (χ2n) is 15.3. The molecular formula is C43H86N3O+. The Bertz CT molecular complexity index is 693. The third-order valence-corrected chi connectivity index (χ3v) is 10.7. The van der Waals surface area contributed by atoms with Gasteiger partial charge in [-0.3, -0.25) is 10.1 Å². The van der Waals surface area contributed by atoms with Crippen LogP contribution in [0, 0.1) is 0 Å². The normalized spacial score (nSPS) is 15.3. The van der Waals surface area contributed by atoms with Gasteiger partial charge in [-0.1, -0.05) is 213 Å². The minimum Gasteiger partial charge on any atom is -0.299 e. The Balaban J connectivity index is 1.89. The van der Waals surface area contributed by atoms with E-state index in [1.807, 2.05) is 0 Å². The van der Waals surface area contributed by atoms with E-state index in [2.05, 4.69) is 42.2 Å². The molecule has 1 amide bonds. The van der Waals surface area contributed by atoms with E-state index in [0.717, 1.165) is 13.0 Å². The SMILES string of the molecule is CCCCCCCCCCCCCCCCCCCCC1NCC=[N+]1C(C)NC(=O)CCCCCCCCCCCCCCCCC. The molecule has 278 valence electrons. The standard InChI is InChI=1S/C43H85N3O/c1-4-6-8-10-12-14-16-18-20-21-22-24-25-27-29-31-33-35-37-42-44-39-40-46(42)41(3)45-43(47)38-36-34-32-30-28-26-23-19-17-15-13-11-9-7-5-2/h40-42,44H,4-39H2,1-3H3/p+1. The Morgan fingerprint density at radius 1 is 0.553 bits per heavy atom. The smallest absolute Gasteiger partial charge is 0.226 e. The highest BCUT2D eigenvalue weighted by molar-refractivity contribution is 5.76. The Hall–Kier alpha value is -0.900. The number of hydrogen-bond donors (Lipinski definition) is 2. The van der Waals surface area contributed by atoms with Gasteiger partial charge < -0.3 is 0 Å². The Morgan fingerprint density at radius 3 is 1.23 bits per heavy atom. The van der Waals surface area contributed by atoms with E-state index in [0.29, 0.717) is 12.6 Å². The van der Waals surface area contributed by atoms with Gasteiger partial charge in [0.05, 0.1) is 6.54 Å². The lowest BCUT2D eigenvalue weighted by atomic mass is 10.0. The molecule has 0 radical (unpaired) electrons. The average Bonchev–Trinajstić information content (AvgIpc) is 3.55. The summed E-state index contributed by atoms with van der Waals surface area (Å²) in [6, 6.07) is 0. The van der Waals surface area contributed by atoms with Crippen molar-refractivity contribution < 1.29 is 9.37 Å². The van der Waals surface area contributed by atoms with Gasteiger partial charge in [0.25, 0.3) is 0 Å². The van der Waals surface area contributed by atoms with Gasteiger partial charge in [0.1, 0.15) is 0 Å². The largest absolute Gasteiger partial charge is 0.299 e. The minimum atomic E-state index is 0.0781. The first kappa shape index (κ1) is 44.1. The molecule has 1 rings (SSSR count). The first-order chi connectivity index (χ1) is 23.2. The van der Waals surface area contributed by atoms with Gasteiger partial charge in [-0.25, -0.2) is 9.89 Å². The van der Waals surface area contributed by atoms with E-state index in [9.17, 15) is 4.79 Å². The van der Waals surface area contributed by atoms with Crippen molar-refractivity contribution in [3.63, 3.8) is 0 Å². The number of carbonyl (C=O) groups excluding carboxylic acids is 1. The molecule has 0 saturated carbocycles. The number of amides is 1. The van der Waals surface area contributed by atoms with Gasteiger partial charge in [0.2, 0.25) is 18.2 Å². The second-order valence-corrected chi connectivity index (χ2v) is 15.3.